The van der Waals surface area contributed by atoms with E-state index < -0.39 is 0 Å². The highest BCUT2D eigenvalue weighted by Crippen LogP contribution is 2.29. The van der Waals surface area contributed by atoms with E-state index in [9.17, 15) is 0 Å². The first kappa shape index (κ1) is 14.9. The summed E-state index contributed by atoms with van der Waals surface area (Å²) in [4.78, 5) is 0. The maximum atomic E-state index is 5.67. The molecule has 106 valence electrons. The fourth-order valence-electron chi connectivity index (χ4n) is 1.70. The zero-order valence-electron chi connectivity index (χ0n) is 11.3. The molecular formula is C16H17BrO3. The van der Waals surface area contributed by atoms with Gasteiger partial charge in [0.2, 0.25) is 0 Å². The molecule has 0 saturated heterocycles. The van der Waals surface area contributed by atoms with E-state index in [1.165, 1.54) is 0 Å². The Bertz CT molecular complexity index is 529. The van der Waals surface area contributed by atoms with Crippen LogP contribution in [0.15, 0.2) is 53.0 Å². The van der Waals surface area contributed by atoms with Crippen molar-refractivity contribution in [3.05, 3.63) is 58.6 Å². The van der Waals surface area contributed by atoms with Crippen molar-refractivity contribution in [1.82, 2.24) is 0 Å². The molecule has 0 atom stereocenters. The van der Waals surface area contributed by atoms with E-state index in [1.807, 2.05) is 48.5 Å². The maximum Gasteiger partial charge on any atom is 0.137 e. The van der Waals surface area contributed by atoms with E-state index in [0.717, 1.165) is 21.5 Å². The molecule has 0 bridgehead atoms. The van der Waals surface area contributed by atoms with Crippen LogP contribution in [0.5, 0.6) is 11.5 Å². The Hall–Kier alpha value is -1.52. The molecule has 0 aliphatic carbocycles. The second-order valence-corrected chi connectivity index (χ2v) is 5.04. The predicted molar refractivity (Wildman–Crippen MR) is 82.3 cm³/mol. The number of hydrogen-bond acceptors (Lipinski definition) is 3. The maximum absolute atomic E-state index is 5.67. The highest BCUT2D eigenvalue weighted by atomic mass is 79.9. The molecule has 0 saturated carbocycles. The van der Waals surface area contributed by atoms with Gasteiger partial charge in [-0.15, -0.1) is 0 Å². The van der Waals surface area contributed by atoms with Gasteiger partial charge in [0.1, 0.15) is 18.1 Å². The van der Waals surface area contributed by atoms with Crippen molar-refractivity contribution < 1.29 is 14.2 Å². The first-order chi connectivity index (χ1) is 9.79. The molecule has 0 heterocycles. The van der Waals surface area contributed by atoms with Crippen LogP contribution in [0.4, 0.5) is 0 Å². The van der Waals surface area contributed by atoms with Gasteiger partial charge in [-0.2, -0.15) is 0 Å². The molecule has 2 aromatic rings. The molecular weight excluding hydrogens is 320 g/mol. The molecule has 0 radical (unpaired) electrons. The minimum atomic E-state index is 0.499. The van der Waals surface area contributed by atoms with Gasteiger partial charge >= 0.3 is 0 Å². The average Bonchev–Trinajstić information content (AvgIpc) is 2.50. The standard InChI is InChI=1S/C16H17BrO3/c1-18-14-7-8-15(17)16(11-14)20-10-9-19-12-13-5-3-2-4-6-13/h2-8,11H,9-10,12H2,1H3. The quantitative estimate of drug-likeness (QED) is 0.714. The predicted octanol–water partition coefficient (Wildman–Crippen LogP) is 4.05. The van der Waals surface area contributed by atoms with Crippen LogP contribution in [0.25, 0.3) is 0 Å². The van der Waals surface area contributed by atoms with Crippen LogP contribution in [0.2, 0.25) is 0 Å². The molecule has 0 N–H and O–H groups in total. The van der Waals surface area contributed by atoms with Gasteiger partial charge in [0.05, 0.1) is 24.8 Å². The normalized spacial score (nSPS) is 10.3. The van der Waals surface area contributed by atoms with Crippen LogP contribution >= 0.6 is 15.9 Å². The van der Waals surface area contributed by atoms with Gasteiger partial charge < -0.3 is 14.2 Å². The van der Waals surface area contributed by atoms with E-state index in [2.05, 4.69) is 15.9 Å². The van der Waals surface area contributed by atoms with Gasteiger partial charge in [-0.3, -0.25) is 0 Å². The summed E-state index contributed by atoms with van der Waals surface area (Å²) in [6, 6.07) is 15.7. The van der Waals surface area contributed by atoms with Crippen molar-refractivity contribution in [1.29, 1.82) is 0 Å². The summed E-state index contributed by atoms with van der Waals surface area (Å²) in [5.41, 5.74) is 1.16. The van der Waals surface area contributed by atoms with Gasteiger partial charge in [-0.05, 0) is 33.6 Å². The van der Waals surface area contributed by atoms with Crippen molar-refractivity contribution >= 4 is 15.9 Å². The van der Waals surface area contributed by atoms with Gasteiger partial charge in [-0.1, -0.05) is 30.3 Å². The molecule has 0 amide bonds. The number of halogens is 1. The smallest absolute Gasteiger partial charge is 0.137 e. The largest absolute Gasteiger partial charge is 0.497 e. The van der Waals surface area contributed by atoms with Crippen molar-refractivity contribution in [2.45, 2.75) is 6.61 Å². The number of methoxy groups -OCH3 is 1. The van der Waals surface area contributed by atoms with Gasteiger partial charge in [0, 0.05) is 6.07 Å². The van der Waals surface area contributed by atoms with E-state index in [0.29, 0.717) is 19.8 Å². The van der Waals surface area contributed by atoms with E-state index >= 15 is 0 Å². The molecule has 20 heavy (non-hydrogen) atoms. The third kappa shape index (κ3) is 4.54. The Labute approximate surface area is 127 Å². The fourth-order valence-corrected chi connectivity index (χ4v) is 2.06. The van der Waals surface area contributed by atoms with Crippen LogP contribution in [0.1, 0.15) is 5.56 Å². The van der Waals surface area contributed by atoms with E-state index in [1.54, 1.807) is 7.11 Å². The summed E-state index contributed by atoms with van der Waals surface area (Å²) in [7, 11) is 1.63. The summed E-state index contributed by atoms with van der Waals surface area (Å²) >= 11 is 3.44. The lowest BCUT2D eigenvalue weighted by atomic mass is 10.2. The summed E-state index contributed by atoms with van der Waals surface area (Å²) < 4.78 is 17.3. The first-order valence-electron chi connectivity index (χ1n) is 6.37. The van der Waals surface area contributed by atoms with Crippen LogP contribution in [-0.4, -0.2) is 20.3 Å². The topological polar surface area (TPSA) is 27.7 Å². The summed E-state index contributed by atoms with van der Waals surface area (Å²) in [6.45, 7) is 1.64. The highest BCUT2D eigenvalue weighted by molar-refractivity contribution is 9.10. The average molecular weight is 337 g/mol. The third-order valence-corrected chi connectivity index (χ3v) is 3.39. The van der Waals surface area contributed by atoms with Crippen LogP contribution in [0.3, 0.4) is 0 Å². The van der Waals surface area contributed by atoms with E-state index in [-0.39, 0.29) is 0 Å². The minimum absolute atomic E-state index is 0.499. The lowest BCUT2D eigenvalue weighted by Crippen LogP contribution is -2.07. The Morgan fingerprint density at radius 3 is 2.55 bits per heavy atom. The molecule has 0 aromatic heterocycles. The zero-order chi connectivity index (χ0) is 14.2. The molecule has 2 aromatic carbocycles. The highest BCUT2D eigenvalue weighted by Gasteiger charge is 2.03. The summed E-state index contributed by atoms with van der Waals surface area (Å²) in [6.07, 6.45) is 0. The Morgan fingerprint density at radius 2 is 1.80 bits per heavy atom. The van der Waals surface area contributed by atoms with Crippen LogP contribution in [0, 0.1) is 0 Å². The van der Waals surface area contributed by atoms with Gasteiger partial charge in [-0.25, -0.2) is 0 Å². The van der Waals surface area contributed by atoms with Crippen molar-refractivity contribution in [3.63, 3.8) is 0 Å². The SMILES string of the molecule is COc1ccc(Br)c(OCCOCc2ccccc2)c1. The zero-order valence-corrected chi connectivity index (χ0v) is 12.9. The number of rotatable bonds is 7. The molecule has 0 fully saturated rings. The third-order valence-electron chi connectivity index (χ3n) is 2.74. The first-order valence-corrected chi connectivity index (χ1v) is 7.17. The molecule has 0 aliphatic heterocycles. The van der Waals surface area contributed by atoms with Crippen molar-refractivity contribution in [2.24, 2.45) is 0 Å². The van der Waals surface area contributed by atoms with E-state index in [4.69, 9.17) is 14.2 Å². The summed E-state index contributed by atoms with van der Waals surface area (Å²) in [5, 5.41) is 0. The van der Waals surface area contributed by atoms with Crippen LogP contribution in [-0.2, 0) is 11.3 Å². The second-order valence-electron chi connectivity index (χ2n) is 4.18. The van der Waals surface area contributed by atoms with Gasteiger partial charge in [0.15, 0.2) is 0 Å². The minimum Gasteiger partial charge on any atom is -0.497 e. The van der Waals surface area contributed by atoms with Crippen molar-refractivity contribution in [3.8, 4) is 11.5 Å². The number of ether oxygens (including phenoxy) is 3. The molecule has 0 spiro atoms. The Morgan fingerprint density at radius 1 is 1.00 bits per heavy atom. The lowest BCUT2D eigenvalue weighted by Gasteiger charge is -2.10. The molecule has 3 nitrogen and oxygen atoms in total. The second kappa shape index (κ2) is 7.92. The molecule has 0 aliphatic rings. The molecule has 2 rings (SSSR count). The number of benzene rings is 2. The molecule has 0 unspecified atom stereocenters. The lowest BCUT2D eigenvalue weighted by molar-refractivity contribution is 0.0886. The fraction of sp³-hybridized carbons (Fsp3) is 0.250. The Balaban J connectivity index is 1.73. The molecule has 4 heteroatoms. The number of hydrogen-bond donors (Lipinski definition) is 0. The summed E-state index contributed by atoms with van der Waals surface area (Å²) in [5.74, 6) is 1.53. The van der Waals surface area contributed by atoms with Crippen LogP contribution < -0.4 is 9.47 Å². The monoisotopic (exact) mass is 336 g/mol. The Kier molecular flexibility index (Phi) is 5.89. The van der Waals surface area contributed by atoms with Crippen molar-refractivity contribution in [2.75, 3.05) is 20.3 Å². The van der Waals surface area contributed by atoms with Gasteiger partial charge in [0.25, 0.3) is 0 Å².